The van der Waals surface area contributed by atoms with Crippen LogP contribution < -0.4 is 5.32 Å². The van der Waals surface area contributed by atoms with Crippen molar-refractivity contribution in [2.45, 2.75) is 25.4 Å². The van der Waals surface area contributed by atoms with Crippen molar-refractivity contribution in [3.63, 3.8) is 0 Å². The molecule has 1 saturated heterocycles. The summed E-state index contributed by atoms with van der Waals surface area (Å²) >= 11 is 2.99. The number of urea groups is 1. The minimum atomic E-state index is -0.711. The van der Waals surface area contributed by atoms with Crippen LogP contribution in [0.1, 0.15) is 18.4 Å². The zero-order chi connectivity index (χ0) is 14.7. The zero-order valence-corrected chi connectivity index (χ0v) is 12.3. The number of rotatable bonds is 3. The molecule has 2 rings (SSSR count). The van der Waals surface area contributed by atoms with Crippen LogP contribution in [-0.4, -0.2) is 35.2 Å². The molecule has 1 aromatic rings. The number of carbonyl (C=O) groups excluding carboxylic acids is 1. The lowest BCUT2D eigenvalue weighted by atomic mass is 10.2. The second-order valence-electron chi connectivity index (χ2n) is 4.68. The van der Waals surface area contributed by atoms with Crippen LogP contribution in [0.3, 0.4) is 0 Å². The summed E-state index contributed by atoms with van der Waals surface area (Å²) in [5.41, 5.74) is -0.179. The van der Waals surface area contributed by atoms with E-state index in [0.29, 0.717) is 11.0 Å². The fourth-order valence-electron chi connectivity index (χ4n) is 2.30. The van der Waals surface area contributed by atoms with Crippen LogP contribution in [0.4, 0.5) is 13.6 Å². The summed E-state index contributed by atoms with van der Waals surface area (Å²) in [6.07, 6.45) is 1.56. The highest BCUT2D eigenvalue weighted by atomic mass is 79.9. The molecule has 0 aliphatic carbocycles. The fourth-order valence-corrected chi connectivity index (χ4v) is 2.70. The monoisotopic (exact) mass is 348 g/mol. The standard InChI is InChI=1S/C13H15BrF2N2O2/c14-8-4-11(15)10(12(16)5-8)6-17-13(20)18-3-1-2-9(18)7-19/h4-5,9,19H,1-3,6-7H2,(H,17,20)/t9-/m1/s1. The van der Waals surface area contributed by atoms with Crippen LogP contribution in [0.5, 0.6) is 0 Å². The molecule has 2 N–H and O–H groups in total. The summed E-state index contributed by atoms with van der Waals surface area (Å²) in [5, 5.41) is 11.6. The van der Waals surface area contributed by atoms with E-state index in [9.17, 15) is 13.6 Å². The molecule has 1 atom stereocenters. The molecule has 20 heavy (non-hydrogen) atoms. The molecule has 4 nitrogen and oxygen atoms in total. The lowest BCUT2D eigenvalue weighted by Crippen LogP contribution is -2.44. The minimum Gasteiger partial charge on any atom is -0.394 e. The molecule has 2 amide bonds. The molecule has 0 bridgehead atoms. The molecule has 0 spiro atoms. The van der Waals surface area contributed by atoms with Gasteiger partial charge in [0.1, 0.15) is 11.6 Å². The number of hydrogen-bond donors (Lipinski definition) is 2. The molecule has 1 aliphatic rings. The largest absolute Gasteiger partial charge is 0.394 e. The number of likely N-dealkylation sites (tertiary alicyclic amines) is 1. The highest BCUT2D eigenvalue weighted by Gasteiger charge is 2.28. The molecule has 1 heterocycles. The van der Waals surface area contributed by atoms with E-state index in [4.69, 9.17) is 5.11 Å². The van der Waals surface area contributed by atoms with Crippen molar-refractivity contribution >= 4 is 22.0 Å². The Morgan fingerprint density at radius 2 is 2.10 bits per heavy atom. The van der Waals surface area contributed by atoms with Gasteiger partial charge in [0.05, 0.1) is 19.2 Å². The van der Waals surface area contributed by atoms with E-state index < -0.39 is 17.7 Å². The quantitative estimate of drug-likeness (QED) is 0.881. The fraction of sp³-hybridized carbons (Fsp3) is 0.462. The van der Waals surface area contributed by atoms with E-state index in [0.717, 1.165) is 25.0 Å². The molecule has 0 radical (unpaired) electrons. The van der Waals surface area contributed by atoms with Crippen LogP contribution in [0, 0.1) is 11.6 Å². The van der Waals surface area contributed by atoms with Crippen molar-refractivity contribution in [2.24, 2.45) is 0 Å². The molecule has 0 unspecified atom stereocenters. The van der Waals surface area contributed by atoms with E-state index in [1.807, 2.05) is 0 Å². The maximum atomic E-state index is 13.6. The van der Waals surface area contributed by atoms with E-state index >= 15 is 0 Å². The number of carbonyl (C=O) groups is 1. The summed E-state index contributed by atoms with van der Waals surface area (Å²) in [6, 6.07) is 1.67. The van der Waals surface area contributed by atoms with Crippen molar-refractivity contribution in [1.29, 1.82) is 0 Å². The van der Waals surface area contributed by atoms with Crippen LogP contribution in [0.15, 0.2) is 16.6 Å². The minimum absolute atomic E-state index is 0.103. The summed E-state index contributed by atoms with van der Waals surface area (Å²) in [7, 11) is 0. The van der Waals surface area contributed by atoms with Gasteiger partial charge >= 0.3 is 6.03 Å². The number of aliphatic hydroxyl groups is 1. The molecule has 110 valence electrons. The normalized spacial score (nSPS) is 18.4. The third-order valence-electron chi connectivity index (χ3n) is 3.37. The van der Waals surface area contributed by atoms with Crippen LogP contribution in [-0.2, 0) is 6.54 Å². The van der Waals surface area contributed by atoms with Gasteiger partial charge in [0.2, 0.25) is 0 Å². The third-order valence-corrected chi connectivity index (χ3v) is 3.83. The van der Waals surface area contributed by atoms with Gasteiger partial charge in [0, 0.05) is 16.6 Å². The average Bonchev–Trinajstić information content (AvgIpc) is 2.85. The first-order chi connectivity index (χ1) is 9.52. The highest BCUT2D eigenvalue weighted by molar-refractivity contribution is 9.10. The predicted molar refractivity (Wildman–Crippen MR) is 73.1 cm³/mol. The van der Waals surface area contributed by atoms with Crippen molar-refractivity contribution in [1.82, 2.24) is 10.2 Å². The molecular formula is C13H15BrF2N2O2. The molecule has 7 heteroatoms. The lowest BCUT2D eigenvalue weighted by Gasteiger charge is -2.23. The van der Waals surface area contributed by atoms with Crippen molar-refractivity contribution in [2.75, 3.05) is 13.2 Å². The number of amides is 2. The molecule has 0 aromatic heterocycles. The third kappa shape index (κ3) is 3.27. The lowest BCUT2D eigenvalue weighted by molar-refractivity contribution is 0.157. The summed E-state index contributed by atoms with van der Waals surface area (Å²) in [5.74, 6) is -1.42. The summed E-state index contributed by atoms with van der Waals surface area (Å²) in [4.78, 5) is 13.4. The van der Waals surface area contributed by atoms with Crippen LogP contribution in [0.2, 0.25) is 0 Å². The van der Waals surface area contributed by atoms with Gasteiger partial charge in [-0.15, -0.1) is 0 Å². The average molecular weight is 349 g/mol. The first-order valence-corrected chi connectivity index (χ1v) is 7.11. The van der Waals surface area contributed by atoms with Gasteiger partial charge in [0.25, 0.3) is 0 Å². The second kappa shape index (κ2) is 6.49. The Bertz CT molecular complexity index is 490. The Morgan fingerprint density at radius 3 is 2.70 bits per heavy atom. The van der Waals surface area contributed by atoms with Gasteiger partial charge in [-0.3, -0.25) is 0 Å². The Labute approximate surface area is 123 Å². The van der Waals surface area contributed by atoms with Gasteiger partial charge in [-0.05, 0) is 25.0 Å². The van der Waals surface area contributed by atoms with Gasteiger partial charge in [0.15, 0.2) is 0 Å². The predicted octanol–water partition coefficient (Wildman–Crippen LogP) is 2.39. The van der Waals surface area contributed by atoms with Gasteiger partial charge in [-0.2, -0.15) is 0 Å². The summed E-state index contributed by atoms with van der Waals surface area (Å²) < 4.78 is 27.5. The smallest absolute Gasteiger partial charge is 0.317 e. The van der Waals surface area contributed by atoms with Crippen LogP contribution >= 0.6 is 15.9 Å². The molecule has 1 fully saturated rings. The van der Waals surface area contributed by atoms with Gasteiger partial charge in [-0.1, -0.05) is 15.9 Å². The second-order valence-corrected chi connectivity index (χ2v) is 5.59. The van der Waals surface area contributed by atoms with E-state index in [2.05, 4.69) is 21.2 Å². The highest BCUT2D eigenvalue weighted by Crippen LogP contribution is 2.20. The Hall–Kier alpha value is -1.21. The molecule has 1 aliphatic heterocycles. The maximum Gasteiger partial charge on any atom is 0.317 e. The first-order valence-electron chi connectivity index (χ1n) is 6.31. The van der Waals surface area contributed by atoms with E-state index in [-0.39, 0.29) is 24.8 Å². The number of hydrogen-bond acceptors (Lipinski definition) is 2. The van der Waals surface area contributed by atoms with Crippen molar-refractivity contribution in [3.05, 3.63) is 33.8 Å². The van der Waals surface area contributed by atoms with Crippen molar-refractivity contribution in [3.8, 4) is 0 Å². The van der Waals surface area contributed by atoms with E-state index in [1.54, 1.807) is 0 Å². The number of nitrogens with zero attached hydrogens (tertiary/aromatic N) is 1. The van der Waals surface area contributed by atoms with Gasteiger partial charge in [-0.25, -0.2) is 13.6 Å². The summed E-state index contributed by atoms with van der Waals surface area (Å²) in [6.45, 7) is 0.217. The Kier molecular flexibility index (Phi) is 4.93. The Balaban J connectivity index is 2.00. The Morgan fingerprint density at radius 1 is 1.45 bits per heavy atom. The SMILES string of the molecule is O=C(NCc1c(F)cc(Br)cc1F)N1CCC[C@@H]1CO. The van der Waals surface area contributed by atoms with Crippen molar-refractivity contribution < 1.29 is 18.7 Å². The zero-order valence-electron chi connectivity index (χ0n) is 10.7. The topological polar surface area (TPSA) is 52.6 Å². The molecular weight excluding hydrogens is 334 g/mol. The van der Waals surface area contributed by atoms with E-state index in [1.165, 1.54) is 4.90 Å². The van der Waals surface area contributed by atoms with Crippen LogP contribution in [0.25, 0.3) is 0 Å². The number of halogens is 3. The first kappa shape index (κ1) is 15.2. The van der Waals surface area contributed by atoms with Gasteiger partial charge < -0.3 is 15.3 Å². The number of aliphatic hydroxyl groups excluding tert-OH is 1. The molecule has 1 aromatic carbocycles. The molecule has 0 saturated carbocycles. The number of nitrogens with one attached hydrogen (secondary N) is 1. The maximum absolute atomic E-state index is 13.6. The number of benzene rings is 1.